The fourth-order valence-electron chi connectivity index (χ4n) is 4.33. The van der Waals surface area contributed by atoms with Gasteiger partial charge in [-0.05, 0) is 43.7 Å². The van der Waals surface area contributed by atoms with Crippen LogP contribution in [0.15, 0.2) is 18.2 Å². The van der Waals surface area contributed by atoms with Gasteiger partial charge in [0, 0.05) is 36.2 Å². The average molecular weight is 535 g/mol. The van der Waals surface area contributed by atoms with Crippen LogP contribution in [-0.2, 0) is 9.59 Å². The lowest BCUT2D eigenvalue weighted by molar-refractivity contribution is -0.274. The van der Waals surface area contributed by atoms with Crippen LogP contribution in [0.4, 0.5) is 23.7 Å². The van der Waals surface area contributed by atoms with E-state index >= 15 is 0 Å². The summed E-state index contributed by atoms with van der Waals surface area (Å²) in [6.07, 6.45) is -4.67. The van der Waals surface area contributed by atoms with Crippen molar-refractivity contribution in [2.75, 3.05) is 32.0 Å². The first-order chi connectivity index (χ1) is 17.7. The number of hydrogen-bond donors (Lipinski definition) is 4. The first-order valence-electron chi connectivity index (χ1n) is 11.4. The number of fused-ring (bicyclic) bond motifs is 1. The molecule has 2 aliphatic heterocycles. The topological polar surface area (TPSA) is 144 Å². The van der Waals surface area contributed by atoms with Crippen LogP contribution in [0.5, 0.6) is 5.75 Å². The third kappa shape index (κ3) is 5.34. The van der Waals surface area contributed by atoms with Crippen molar-refractivity contribution in [3.05, 3.63) is 46.3 Å². The molecule has 38 heavy (non-hydrogen) atoms. The van der Waals surface area contributed by atoms with E-state index in [1.165, 1.54) is 24.1 Å². The zero-order valence-corrected chi connectivity index (χ0v) is 20.5. The number of aliphatic hydroxyl groups is 1. The number of β-amino-alcohol motifs (C(OH)–C–C–N with tert-alkyl or cyclic N) is 1. The van der Waals surface area contributed by atoms with Crippen molar-refractivity contribution in [3.8, 4) is 5.75 Å². The molecule has 11 nitrogen and oxygen atoms in total. The molecule has 0 radical (unpaired) electrons. The van der Waals surface area contributed by atoms with Gasteiger partial charge >= 0.3 is 12.4 Å². The largest absolute Gasteiger partial charge is 0.573 e. The number of H-pyrrole nitrogens is 1. The number of amides is 5. The molecule has 202 valence electrons. The van der Waals surface area contributed by atoms with Crippen LogP contribution in [0, 0.1) is 13.8 Å². The van der Waals surface area contributed by atoms with E-state index < -0.39 is 42.0 Å². The Balaban J connectivity index is 1.50. The van der Waals surface area contributed by atoms with Crippen LogP contribution in [0.25, 0.3) is 11.6 Å². The third-order valence-electron chi connectivity index (χ3n) is 6.12. The molecule has 1 aromatic heterocycles. The number of aliphatic hydroxyl groups excluding tert-OH is 1. The summed E-state index contributed by atoms with van der Waals surface area (Å²) in [5.74, 6) is -2.03. The molecule has 1 atom stereocenters. The predicted octanol–water partition coefficient (Wildman–Crippen LogP) is 2.01. The summed E-state index contributed by atoms with van der Waals surface area (Å²) in [7, 11) is 1.46. The maximum Gasteiger partial charge on any atom is 0.573 e. The fraction of sp³-hybridized carbons (Fsp3) is 0.333. The number of carbonyl (C=O) groups is 4. The Bertz CT molecular complexity index is 1370. The summed E-state index contributed by atoms with van der Waals surface area (Å²) in [6, 6.07) is 2.95. The van der Waals surface area contributed by atoms with Crippen LogP contribution in [0.1, 0.15) is 32.9 Å². The number of urea groups is 1. The number of anilines is 1. The van der Waals surface area contributed by atoms with Crippen molar-refractivity contribution in [1.82, 2.24) is 20.1 Å². The Morgan fingerprint density at radius 2 is 1.97 bits per heavy atom. The highest BCUT2D eigenvalue weighted by atomic mass is 19.4. The van der Waals surface area contributed by atoms with Gasteiger partial charge in [0.05, 0.1) is 23.8 Å². The van der Waals surface area contributed by atoms with E-state index in [1.54, 1.807) is 13.8 Å². The quantitative estimate of drug-likeness (QED) is 0.316. The van der Waals surface area contributed by atoms with Gasteiger partial charge in [0.2, 0.25) is 5.91 Å². The number of imide groups is 1. The molecule has 14 heteroatoms. The average Bonchev–Trinajstić information content (AvgIpc) is 3.37. The Kier molecular flexibility index (Phi) is 6.93. The van der Waals surface area contributed by atoms with Crippen molar-refractivity contribution in [2.45, 2.75) is 26.3 Å². The van der Waals surface area contributed by atoms with E-state index in [0.717, 1.165) is 17.0 Å². The van der Waals surface area contributed by atoms with Crippen LogP contribution in [0.2, 0.25) is 0 Å². The van der Waals surface area contributed by atoms with Crippen LogP contribution in [-0.4, -0.2) is 82.8 Å². The minimum absolute atomic E-state index is 0.0734. The number of benzene rings is 1. The summed E-state index contributed by atoms with van der Waals surface area (Å²) >= 11 is 0. The van der Waals surface area contributed by atoms with E-state index in [4.69, 9.17) is 0 Å². The van der Waals surface area contributed by atoms with E-state index in [9.17, 15) is 37.5 Å². The Hall–Kier alpha value is -4.33. The molecule has 1 aromatic carbocycles. The van der Waals surface area contributed by atoms with E-state index in [1.807, 2.05) is 0 Å². The van der Waals surface area contributed by atoms with E-state index in [2.05, 4.69) is 20.4 Å². The summed E-state index contributed by atoms with van der Waals surface area (Å²) in [6.45, 7) is 2.64. The van der Waals surface area contributed by atoms with Crippen molar-refractivity contribution in [1.29, 1.82) is 0 Å². The molecule has 4 rings (SSSR count). The SMILES string of the molecule is Cc1[nH]c(C=C2C(=O)Nc3ccc(OC(F)(F)F)cc32)c(C)c1C(=O)NC[C@@H](O)CN1C(=O)CN(C)C1=O. The molecule has 0 bridgehead atoms. The Morgan fingerprint density at radius 3 is 2.61 bits per heavy atom. The van der Waals surface area contributed by atoms with Crippen molar-refractivity contribution < 1.29 is 42.2 Å². The van der Waals surface area contributed by atoms with Crippen molar-refractivity contribution in [2.24, 2.45) is 0 Å². The molecule has 1 fully saturated rings. The number of halogens is 3. The Labute approximate surface area is 214 Å². The van der Waals surface area contributed by atoms with Gasteiger partial charge in [0.15, 0.2) is 0 Å². The number of likely N-dealkylation sites (N-methyl/N-ethyl adjacent to an activating group) is 1. The van der Waals surface area contributed by atoms with Gasteiger partial charge < -0.3 is 30.4 Å². The smallest absolute Gasteiger partial charge is 0.406 e. The maximum atomic E-state index is 12.9. The predicted molar refractivity (Wildman–Crippen MR) is 128 cm³/mol. The number of aromatic nitrogens is 1. The number of carbonyl (C=O) groups excluding carboxylic acids is 4. The van der Waals surface area contributed by atoms with Gasteiger partial charge in [0.25, 0.3) is 11.8 Å². The van der Waals surface area contributed by atoms with Gasteiger partial charge in [-0.1, -0.05) is 0 Å². The van der Waals surface area contributed by atoms with Crippen molar-refractivity contribution in [3.63, 3.8) is 0 Å². The highest BCUT2D eigenvalue weighted by Crippen LogP contribution is 2.37. The van der Waals surface area contributed by atoms with Gasteiger partial charge in [-0.2, -0.15) is 0 Å². The second-order valence-electron chi connectivity index (χ2n) is 8.94. The van der Waals surface area contributed by atoms with E-state index in [-0.39, 0.29) is 36.3 Å². The molecule has 0 saturated carbocycles. The van der Waals surface area contributed by atoms with Crippen LogP contribution < -0.4 is 15.4 Å². The second kappa shape index (κ2) is 9.85. The van der Waals surface area contributed by atoms with Gasteiger partial charge in [-0.25, -0.2) is 4.79 Å². The lowest BCUT2D eigenvalue weighted by Gasteiger charge is -2.18. The number of alkyl halides is 3. The number of aromatic amines is 1. The number of rotatable bonds is 7. The molecule has 3 heterocycles. The molecule has 2 aliphatic rings. The molecular weight excluding hydrogens is 511 g/mol. The molecular formula is C24H24F3N5O6. The van der Waals surface area contributed by atoms with Crippen molar-refractivity contribution >= 4 is 41.1 Å². The first-order valence-corrected chi connectivity index (χ1v) is 11.4. The third-order valence-corrected chi connectivity index (χ3v) is 6.12. The lowest BCUT2D eigenvalue weighted by Crippen LogP contribution is -2.43. The molecule has 0 aliphatic carbocycles. The van der Waals surface area contributed by atoms with Crippen LogP contribution >= 0.6 is 0 Å². The van der Waals surface area contributed by atoms with Gasteiger partial charge in [-0.15, -0.1) is 13.2 Å². The number of nitrogens with one attached hydrogen (secondary N) is 3. The Morgan fingerprint density at radius 1 is 1.26 bits per heavy atom. The minimum atomic E-state index is -4.90. The highest BCUT2D eigenvalue weighted by Gasteiger charge is 2.35. The van der Waals surface area contributed by atoms with Crippen LogP contribution in [0.3, 0.4) is 0 Å². The summed E-state index contributed by atoms with van der Waals surface area (Å²) in [5.41, 5.74) is 2.11. The van der Waals surface area contributed by atoms with Gasteiger partial charge in [0.1, 0.15) is 12.3 Å². The first kappa shape index (κ1) is 26.7. The van der Waals surface area contributed by atoms with E-state index in [0.29, 0.717) is 22.6 Å². The minimum Gasteiger partial charge on any atom is -0.406 e. The number of hydrogen-bond acceptors (Lipinski definition) is 6. The normalized spacial score (nSPS) is 17.2. The summed E-state index contributed by atoms with van der Waals surface area (Å²) in [4.78, 5) is 54.4. The zero-order chi connectivity index (χ0) is 27.9. The maximum absolute atomic E-state index is 12.9. The fourth-order valence-corrected chi connectivity index (χ4v) is 4.33. The zero-order valence-electron chi connectivity index (χ0n) is 20.5. The molecule has 2 aromatic rings. The molecule has 0 unspecified atom stereocenters. The number of ether oxygens (including phenoxy) is 1. The molecule has 0 spiro atoms. The second-order valence-corrected chi connectivity index (χ2v) is 8.94. The number of nitrogens with zero attached hydrogens (tertiary/aromatic N) is 2. The summed E-state index contributed by atoms with van der Waals surface area (Å²) < 4.78 is 41.9. The molecule has 1 saturated heterocycles. The number of aryl methyl sites for hydroxylation is 1. The monoisotopic (exact) mass is 535 g/mol. The molecule has 4 N–H and O–H groups in total. The highest BCUT2D eigenvalue weighted by molar-refractivity contribution is 6.35. The van der Waals surface area contributed by atoms with Gasteiger partial charge in [-0.3, -0.25) is 19.3 Å². The molecule has 5 amide bonds. The lowest BCUT2D eigenvalue weighted by atomic mass is 10.0. The summed E-state index contributed by atoms with van der Waals surface area (Å²) in [5, 5.41) is 15.4. The standard InChI is InChI=1S/C24H24F3N5O6/c1-11-18(7-16-15-6-14(38-24(25,26)27)4-5-17(15)30-21(16)35)29-12(2)20(11)22(36)28-8-13(33)9-32-19(34)10-31(3)23(32)37/h4-7,13,29,33H,8-10H2,1-3H3,(H,28,36)(H,30,35)/t13-/m1/s1.